The van der Waals surface area contributed by atoms with Gasteiger partial charge in [-0.15, -0.1) is 22.7 Å². The normalized spacial score (nSPS) is 11.8. The molecule has 9 aromatic carbocycles. The molecule has 0 saturated heterocycles. The van der Waals surface area contributed by atoms with Crippen molar-refractivity contribution in [2.75, 3.05) is 4.90 Å². The zero-order chi connectivity index (χ0) is 38.2. The fourth-order valence-corrected chi connectivity index (χ4v) is 11.2. The molecule has 12 aromatic rings. The molecule has 0 N–H and O–H groups in total. The number of nitrogens with zero attached hydrogens (tertiary/aromatic N) is 1. The summed E-state index contributed by atoms with van der Waals surface area (Å²) < 4.78 is 11.4. The minimum atomic E-state index is 0.908. The van der Waals surface area contributed by atoms with Crippen LogP contribution in [-0.2, 0) is 0 Å². The highest BCUT2D eigenvalue weighted by Crippen LogP contribution is 2.44. The molecule has 0 aliphatic heterocycles. The van der Waals surface area contributed by atoms with Gasteiger partial charge in [0, 0.05) is 68.2 Å². The van der Waals surface area contributed by atoms with Crippen LogP contribution >= 0.6 is 22.7 Å². The highest BCUT2D eigenvalue weighted by Gasteiger charge is 2.18. The van der Waals surface area contributed by atoms with Crippen LogP contribution in [0.1, 0.15) is 0 Å². The molecule has 0 atom stereocenters. The first-order valence-electron chi connectivity index (χ1n) is 19.6. The van der Waals surface area contributed by atoms with Gasteiger partial charge in [0.2, 0.25) is 0 Å². The minimum absolute atomic E-state index is 0.908. The summed E-state index contributed by atoms with van der Waals surface area (Å²) in [5.74, 6) is 0. The van der Waals surface area contributed by atoms with Crippen molar-refractivity contribution in [1.82, 2.24) is 0 Å². The lowest BCUT2D eigenvalue weighted by Crippen LogP contribution is -2.10. The highest BCUT2D eigenvalue weighted by atomic mass is 32.1. The first kappa shape index (κ1) is 33.2. The fraction of sp³-hybridized carbons (Fsp3) is 0. The van der Waals surface area contributed by atoms with Gasteiger partial charge in [0.05, 0.1) is 0 Å². The summed E-state index contributed by atoms with van der Waals surface area (Å²) in [6.45, 7) is 0. The van der Waals surface area contributed by atoms with Gasteiger partial charge >= 0.3 is 0 Å². The number of rotatable bonds is 6. The summed E-state index contributed by atoms with van der Waals surface area (Å²) in [5, 5.41) is 7.53. The second-order valence-electron chi connectivity index (χ2n) is 14.8. The number of furan rings is 1. The van der Waals surface area contributed by atoms with E-state index in [0.717, 1.165) is 50.1 Å². The lowest BCUT2D eigenvalue weighted by molar-refractivity contribution is 0.669. The van der Waals surface area contributed by atoms with Gasteiger partial charge in [0.25, 0.3) is 0 Å². The number of anilines is 3. The molecule has 0 aliphatic carbocycles. The molecule has 0 fully saturated rings. The third kappa shape index (κ3) is 5.37. The van der Waals surface area contributed by atoms with E-state index < -0.39 is 0 Å². The molecular formula is C54H33NOS2. The topological polar surface area (TPSA) is 16.4 Å². The SMILES string of the molecule is c1cc(-c2cccc3c2sc2ccccc23)cc(N(c2ccc(-c3ccc4oc5ccccc5c4c3)cc2)c2ccc(-c3cccc4c3sc3ccccc34)cc2)c1. The van der Waals surface area contributed by atoms with Crippen molar-refractivity contribution in [3.63, 3.8) is 0 Å². The third-order valence-corrected chi connectivity index (χ3v) is 13.9. The van der Waals surface area contributed by atoms with Gasteiger partial charge in [-0.05, 0) is 100 Å². The molecule has 2 nitrogen and oxygen atoms in total. The molecule has 3 aromatic heterocycles. The van der Waals surface area contributed by atoms with Crippen LogP contribution in [-0.4, -0.2) is 0 Å². The Morgan fingerprint density at radius 3 is 1.50 bits per heavy atom. The van der Waals surface area contributed by atoms with Gasteiger partial charge in [0.15, 0.2) is 0 Å². The fourth-order valence-electron chi connectivity index (χ4n) is 8.71. The summed E-state index contributed by atoms with van der Waals surface area (Å²) in [7, 11) is 0. The summed E-state index contributed by atoms with van der Waals surface area (Å²) in [6, 6.07) is 72.7. The van der Waals surface area contributed by atoms with Crippen LogP contribution in [0.25, 0.3) is 95.7 Å². The molecule has 12 rings (SSSR count). The van der Waals surface area contributed by atoms with Crippen molar-refractivity contribution >= 4 is 102 Å². The summed E-state index contributed by atoms with van der Waals surface area (Å²) in [5.41, 5.74) is 12.4. The van der Waals surface area contributed by atoms with Crippen molar-refractivity contribution in [1.29, 1.82) is 0 Å². The summed E-state index contributed by atoms with van der Waals surface area (Å²) >= 11 is 3.75. The Morgan fingerprint density at radius 2 is 0.828 bits per heavy atom. The average molecular weight is 776 g/mol. The average Bonchev–Trinajstić information content (AvgIpc) is 3.98. The quantitative estimate of drug-likeness (QED) is 0.167. The monoisotopic (exact) mass is 775 g/mol. The Bertz CT molecular complexity index is 3520. The number of hydrogen-bond donors (Lipinski definition) is 0. The van der Waals surface area contributed by atoms with E-state index in [2.05, 4.69) is 193 Å². The smallest absolute Gasteiger partial charge is 0.135 e. The Kier molecular flexibility index (Phi) is 7.62. The number of para-hydroxylation sites is 1. The maximum absolute atomic E-state index is 6.14. The second-order valence-corrected chi connectivity index (χ2v) is 17.0. The van der Waals surface area contributed by atoms with Gasteiger partial charge < -0.3 is 9.32 Å². The summed E-state index contributed by atoms with van der Waals surface area (Å²) in [4.78, 5) is 2.38. The molecule has 4 heteroatoms. The maximum Gasteiger partial charge on any atom is 0.135 e. The lowest BCUT2D eigenvalue weighted by atomic mass is 10.00. The van der Waals surface area contributed by atoms with Crippen LogP contribution in [0, 0.1) is 0 Å². The molecule has 0 amide bonds. The number of thiophene rings is 2. The van der Waals surface area contributed by atoms with Gasteiger partial charge in [-0.1, -0.05) is 133 Å². The Labute approximate surface area is 343 Å². The first-order chi connectivity index (χ1) is 28.7. The van der Waals surface area contributed by atoms with Crippen molar-refractivity contribution in [3.8, 4) is 33.4 Å². The zero-order valence-electron chi connectivity index (χ0n) is 31.2. The van der Waals surface area contributed by atoms with Crippen molar-refractivity contribution in [2.45, 2.75) is 0 Å². The van der Waals surface area contributed by atoms with E-state index >= 15 is 0 Å². The van der Waals surface area contributed by atoms with E-state index in [4.69, 9.17) is 4.42 Å². The van der Waals surface area contributed by atoms with Crippen molar-refractivity contribution in [2.24, 2.45) is 0 Å². The Morgan fingerprint density at radius 1 is 0.310 bits per heavy atom. The standard InChI is InChI=1S/C54H33NOS2/c1-4-19-49-43(12-1)48-33-36(26-31-50(48)56-49)34-22-27-38(28-23-34)55(39-29-24-35(25-30-39)41-15-8-17-46-44-13-2-5-20-51(44)57-53(41)46)40-11-7-10-37(32-40)42-16-9-18-47-45-14-3-6-21-52(45)58-54(42)47/h1-33H. The predicted molar refractivity (Wildman–Crippen MR) is 250 cm³/mol. The van der Waals surface area contributed by atoms with Gasteiger partial charge in [0.1, 0.15) is 11.2 Å². The van der Waals surface area contributed by atoms with Gasteiger partial charge in [-0.25, -0.2) is 0 Å². The van der Waals surface area contributed by atoms with E-state index in [9.17, 15) is 0 Å². The van der Waals surface area contributed by atoms with Crippen LogP contribution in [0.4, 0.5) is 17.1 Å². The number of fused-ring (bicyclic) bond motifs is 9. The van der Waals surface area contributed by atoms with Crippen LogP contribution in [0.15, 0.2) is 205 Å². The Hall–Kier alpha value is -6.98. The van der Waals surface area contributed by atoms with Crippen LogP contribution in [0.2, 0.25) is 0 Å². The predicted octanol–water partition coefficient (Wildman–Crippen LogP) is 16.8. The highest BCUT2D eigenvalue weighted by molar-refractivity contribution is 7.26. The third-order valence-electron chi connectivity index (χ3n) is 11.5. The van der Waals surface area contributed by atoms with Crippen LogP contribution in [0.5, 0.6) is 0 Å². The van der Waals surface area contributed by atoms with E-state index in [1.165, 1.54) is 62.6 Å². The molecule has 272 valence electrons. The van der Waals surface area contributed by atoms with Gasteiger partial charge in [-0.2, -0.15) is 0 Å². The molecule has 3 heterocycles. The number of benzene rings is 9. The molecule has 0 spiro atoms. The largest absolute Gasteiger partial charge is 0.456 e. The van der Waals surface area contributed by atoms with E-state index in [1.807, 2.05) is 34.8 Å². The van der Waals surface area contributed by atoms with E-state index in [1.54, 1.807) is 0 Å². The molecule has 0 aliphatic rings. The molecule has 0 bridgehead atoms. The van der Waals surface area contributed by atoms with E-state index in [-0.39, 0.29) is 0 Å². The van der Waals surface area contributed by atoms with Gasteiger partial charge in [-0.3, -0.25) is 0 Å². The van der Waals surface area contributed by atoms with E-state index in [0.29, 0.717) is 0 Å². The molecular weight excluding hydrogens is 743 g/mol. The summed E-state index contributed by atoms with van der Waals surface area (Å²) in [6.07, 6.45) is 0. The molecule has 0 unspecified atom stereocenters. The first-order valence-corrected chi connectivity index (χ1v) is 21.2. The molecule has 0 radical (unpaired) electrons. The molecule has 0 saturated carbocycles. The van der Waals surface area contributed by atoms with Crippen LogP contribution < -0.4 is 4.90 Å². The van der Waals surface area contributed by atoms with Crippen LogP contribution in [0.3, 0.4) is 0 Å². The minimum Gasteiger partial charge on any atom is -0.456 e. The number of hydrogen-bond acceptors (Lipinski definition) is 4. The zero-order valence-corrected chi connectivity index (χ0v) is 32.9. The Balaban J connectivity index is 0.975. The molecule has 58 heavy (non-hydrogen) atoms. The van der Waals surface area contributed by atoms with Crippen molar-refractivity contribution < 1.29 is 4.42 Å². The van der Waals surface area contributed by atoms with Crippen molar-refractivity contribution in [3.05, 3.63) is 200 Å². The maximum atomic E-state index is 6.14. The second kappa shape index (κ2) is 13.3. The lowest BCUT2D eigenvalue weighted by Gasteiger charge is -2.26.